The van der Waals surface area contributed by atoms with Crippen LogP contribution < -0.4 is 5.32 Å². The fourth-order valence-corrected chi connectivity index (χ4v) is 2.89. The number of hydrogen-bond acceptors (Lipinski definition) is 5. The van der Waals surface area contributed by atoms with Gasteiger partial charge in [0.05, 0.1) is 6.61 Å². The third-order valence-corrected chi connectivity index (χ3v) is 3.90. The van der Waals surface area contributed by atoms with Gasteiger partial charge in [-0.1, -0.05) is 6.07 Å². The first-order valence-corrected chi connectivity index (χ1v) is 7.67. The molecular formula is C13H13IN2O2S. The second kappa shape index (κ2) is 6.33. The zero-order valence-electron chi connectivity index (χ0n) is 10.6. The van der Waals surface area contributed by atoms with Crippen molar-refractivity contribution in [2.45, 2.75) is 13.8 Å². The molecule has 0 amide bonds. The van der Waals surface area contributed by atoms with E-state index in [1.807, 2.05) is 31.2 Å². The maximum absolute atomic E-state index is 11.7. The van der Waals surface area contributed by atoms with Crippen LogP contribution in [0.15, 0.2) is 24.3 Å². The number of rotatable bonds is 4. The molecule has 0 aliphatic rings. The average Bonchev–Trinajstić information content (AvgIpc) is 2.70. The maximum atomic E-state index is 11.7. The summed E-state index contributed by atoms with van der Waals surface area (Å²) in [5, 5.41) is 3.89. The number of carbonyl (C=O) groups is 1. The Morgan fingerprint density at radius 3 is 3.00 bits per heavy atom. The normalized spacial score (nSPS) is 10.3. The lowest BCUT2D eigenvalue weighted by molar-refractivity contribution is 0.0519. The van der Waals surface area contributed by atoms with Gasteiger partial charge in [-0.2, -0.15) is 0 Å². The number of hydrogen-bond donors (Lipinski definition) is 1. The van der Waals surface area contributed by atoms with Crippen LogP contribution in [0.1, 0.15) is 22.3 Å². The number of esters is 1. The van der Waals surface area contributed by atoms with Crippen LogP contribution >= 0.6 is 33.9 Å². The van der Waals surface area contributed by atoms with Gasteiger partial charge in [-0.3, -0.25) is 0 Å². The largest absolute Gasteiger partial charge is 0.461 e. The van der Waals surface area contributed by atoms with Crippen molar-refractivity contribution in [3.8, 4) is 0 Å². The Morgan fingerprint density at radius 2 is 2.32 bits per heavy atom. The molecule has 1 N–H and O–H groups in total. The molecule has 4 nitrogen and oxygen atoms in total. The smallest absolute Gasteiger partial charge is 0.358 e. The molecule has 0 unspecified atom stereocenters. The van der Waals surface area contributed by atoms with Gasteiger partial charge in [0.1, 0.15) is 0 Å². The highest BCUT2D eigenvalue weighted by Gasteiger charge is 2.16. The van der Waals surface area contributed by atoms with Crippen LogP contribution in [0, 0.1) is 10.5 Å². The Kier molecular flexibility index (Phi) is 4.76. The molecule has 0 saturated heterocycles. The molecule has 0 fully saturated rings. The Bertz CT molecular complexity index is 598. The summed E-state index contributed by atoms with van der Waals surface area (Å²) < 4.78 is 6.11. The number of thiazole rings is 1. The topological polar surface area (TPSA) is 51.2 Å². The standard InChI is InChI=1S/C13H13IN2O2S/c1-3-18-12(17)11-8(2)19-13(16-11)15-10-6-4-5-9(14)7-10/h4-7H,3H2,1-2H3,(H,15,16). The van der Waals surface area contributed by atoms with Crippen LogP contribution in [-0.4, -0.2) is 17.6 Å². The molecule has 6 heteroatoms. The van der Waals surface area contributed by atoms with Crippen LogP contribution in [0.4, 0.5) is 10.8 Å². The first-order valence-electron chi connectivity index (χ1n) is 5.77. The number of anilines is 2. The first-order chi connectivity index (χ1) is 9.10. The molecule has 100 valence electrons. The lowest BCUT2D eigenvalue weighted by Gasteiger charge is -2.02. The summed E-state index contributed by atoms with van der Waals surface area (Å²) in [6, 6.07) is 7.96. The quantitative estimate of drug-likeness (QED) is 0.636. The van der Waals surface area contributed by atoms with Crippen molar-refractivity contribution in [1.29, 1.82) is 0 Å². The third kappa shape index (κ3) is 3.66. The monoisotopic (exact) mass is 388 g/mol. The van der Waals surface area contributed by atoms with E-state index in [-0.39, 0.29) is 5.97 Å². The molecule has 0 spiro atoms. The summed E-state index contributed by atoms with van der Waals surface area (Å²) >= 11 is 3.69. The van der Waals surface area contributed by atoms with Crippen molar-refractivity contribution in [1.82, 2.24) is 4.98 Å². The van der Waals surface area contributed by atoms with Crippen LogP contribution in [0.2, 0.25) is 0 Å². The minimum absolute atomic E-state index is 0.357. The molecule has 2 rings (SSSR count). The maximum Gasteiger partial charge on any atom is 0.358 e. The van der Waals surface area contributed by atoms with Crippen molar-refractivity contribution < 1.29 is 9.53 Å². The lowest BCUT2D eigenvalue weighted by atomic mass is 10.3. The van der Waals surface area contributed by atoms with Crippen molar-refractivity contribution in [2.75, 3.05) is 11.9 Å². The van der Waals surface area contributed by atoms with Gasteiger partial charge in [0.15, 0.2) is 10.8 Å². The van der Waals surface area contributed by atoms with E-state index in [1.165, 1.54) is 11.3 Å². The molecule has 19 heavy (non-hydrogen) atoms. The number of benzene rings is 1. The van der Waals surface area contributed by atoms with Crippen molar-refractivity contribution in [2.24, 2.45) is 0 Å². The lowest BCUT2D eigenvalue weighted by Crippen LogP contribution is -2.06. The van der Waals surface area contributed by atoms with E-state index in [0.29, 0.717) is 17.4 Å². The molecule has 0 radical (unpaired) electrons. The van der Waals surface area contributed by atoms with Crippen LogP contribution in [0.5, 0.6) is 0 Å². The fraction of sp³-hybridized carbons (Fsp3) is 0.231. The van der Waals surface area contributed by atoms with Gasteiger partial charge in [0, 0.05) is 14.1 Å². The molecule has 0 aliphatic carbocycles. The molecule has 2 aromatic rings. The van der Waals surface area contributed by atoms with Gasteiger partial charge in [-0.15, -0.1) is 11.3 Å². The summed E-state index contributed by atoms with van der Waals surface area (Å²) in [6.07, 6.45) is 0. The first kappa shape index (κ1) is 14.3. The van der Waals surface area contributed by atoms with Gasteiger partial charge in [0.2, 0.25) is 0 Å². The predicted octanol–water partition coefficient (Wildman–Crippen LogP) is 3.98. The van der Waals surface area contributed by atoms with Gasteiger partial charge >= 0.3 is 5.97 Å². The highest BCUT2D eigenvalue weighted by atomic mass is 127. The second-order valence-corrected chi connectivity index (χ2v) is 6.23. The van der Waals surface area contributed by atoms with E-state index >= 15 is 0 Å². The molecule has 0 aliphatic heterocycles. The highest BCUT2D eigenvalue weighted by molar-refractivity contribution is 14.1. The number of halogens is 1. The van der Waals surface area contributed by atoms with E-state index in [2.05, 4.69) is 32.9 Å². The summed E-state index contributed by atoms with van der Waals surface area (Å²) in [6.45, 7) is 4.00. The second-order valence-electron chi connectivity index (χ2n) is 3.78. The van der Waals surface area contributed by atoms with Crippen LogP contribution in [0.3, 0.4) is 0 Å². The Labute approximate surface area is 129 Å². The predicted molar refractivity (Wildman–Crippen MR) is 85.2 cm³/mol. The Balaban J connectivity index is 2.18. The van der Waals surface area contributed by atoms with Crippen LogP contribution in [0.25, 0.3) is 0 Å². The zero-order valence-corrected chi connectivity index (χ0v) is 13.5. The summed E-state index contributed by atoms with van der Waals surface area (Å²) in [5.74, 6) is -0.369. The molecular weight excluding hydrogens is 375 g/mol. The molecule has 1 aromatic carbocycles. The van der Waals surface area contributed by atoms with Crippen molar-refractivity contribution >= 4 is 50.7 Å². The van der Waals surface area contributed by atoms with E-state index in [9.17, 15) is 4.79 Å². The average molecular weight is 388 g/mol. The third-order valence-electron chi connectivity index (χ3n) is 2.34. The van der Waals surface area contributed by atoms with Gasteiger partial charge in [-0.05, 0) is 54.6 Å². The van der Waals surface area contributed by atoms with Gasteiger partial charge in [-0.25, -0.2) is 9.78 Å². The van der Waals surface area contributed by atoms with Crippen molar-refractivity contribution in [3.63, 3.8) is 0 Å². The Morgan fingerprint density at radius 1 is 1.53 bits per heavy atom. The van der Waals surface area contributed by atoms with E-state index in [4.69, 9.17) is 4.74 Å². The van der Waals surface area contributed by atoms with Gasteiger partial charge in [0.25, 0.3) is 0 Å². The summed E-state index contributed by atoms with van der Waals surface area (Å²) in [5.41, 5.74) is 1.34. The number of carbonyl (C=O) groups excluding carboxylic acids is 1. The number of nitrogens with zero attached hydrogens (tertiary/aromatic N) is 1. The molecule has 1 heterocycles. The van der Waals surface area contributed by atoms with E-state index < -0.39 is 0 Å². The van der Waals surface area contributed by atoms with Crippen LogP contribution in [-0.2, 0) is 4.74 Å². The number of ether oxygens (including phenoxy) is 1. The summed E-state index contributed by atoms with van der Waals surface area (Å²) in [7, 11) is 0. The molecule has 1 aromatic heterocycles. The van der Waals surface area contributed by atoms with Crippen molar-refractivity contribution in [3.05, 3.63) is 38.4 Å². The molecule has 0 saturated carbocycles. The fourth-order valence-electron chi connectivity index (χ4n) is 1.53. The number of nitrogens with one attached hydrogen (secondary N) is 1. The zero-order chi connectivity index (χ0) is 13.8. The highest BCUT2D eigenvalue weighted by Crippen LogP contribution is 2.26. The Hall–Kier alpha value is -1.15. The van der Waals surface area contributed by atoms with E-state index in [0.717, 1.165) is 14.1 Å². The van der Waals surface area contributed by atoms with Gasteiger partial charge < -0.3 is 10.1 Å². The minimum atomic E-state index is -0.369. The number of aryl methyl sites for hydroxylation is 1. The van der Waals surface area contributed by atoms with E-state index in [1.54, 1.807) is 6.92 Å². The molecule has 0 bridgehead atoms. The number of aromatic nitrogens is 1. The summed E-state index contributed by atoms with van der Waals surface area (Å²) in [4.78, 5) is 16.8. The minimum Gasteiger partial charge on any atom is -0.461 e. The molecule has 0 atom stereocenters. The SMILES string of the molecule is CCOC(=O)c1nc(Nc2cccc(I)c2)sc1C.